The first-order valence-electron chi connectivity index (χ1n) is 15.3. The Morgan fingerprint density at radius 1 is 0.980 bits per heavy atom. The normalized spacial score (nSPS) is 16.3. The van der Waals surface area contributed by atoms with Crippen LogP contribution >= 0.6 is 0 Å². The summed E-state index contributed by atoms with van der Waals surface area (Å²) in [5, 5.41) is 12.8. The number of anilines is 1. The molecule has 1 amide bonds. The number of carbonyl (C=O) groups excluding carboxylic acids is 2. The second-order valence-corrected chi connectivity index (χ2v) is 11.2. The zero-order valence-electron chi connectivity index (χ0n) is 26.5. The van der Waals surface area contributed by atoms with Crippen molar-refractivity contribution in [3.05, 3.63) is 128 Å². The van der Waals surface area contributed by atoms with Crippen molar-refractivity contribution in [1.82, 2.24) is 15.3 Å². The van der Waals surface area contributed by atoms with E-state index in [0.29, 0.717) is 34.6 Å². The molecule has 1 aromatic heterocycles. The molecule has 2 heterocycles. The van der Waals surface area contributed by atoms with E-state index in [1.165, 1.54) is 0 Å². The van der Waals surface area contributed by atoms with E-state index in [1.54, 1.807) is 74.5 Å². The fourth-order valence-electron chi connectivity index (χ4n) is 5.74. The van der Waals surface area contributed by atoms with E-state index in [4.69, 9.17) is 9.47 Å². The first-order valence-corrected chi connectivity index (χ1v) is 15.3. The molecule has 0 fully saturated rings. The average Bonchev–Trinajstić information content (AvgIpc) is 3.17. The minimum absolute atomic E-state index is 0.156. The van der Waals surface area contributed by atoms with Crippen LogP contribution < -0.4 is 15.0 Å². The van der Waals surface area contributed by atoms with Crippen molar-refractivity contribution in [2.75, 3.05) is 24.7 Å². The van der Waals surface area contributed by atoms with E-state index in [1.807, 2.05) is 0 Å². The van der Waals surface area contributed by atoms with Gasteiger partial charge in [-0.05, 0) is 44.4 Å². The Bertz CT molecular complexity index is 1810. The molecule has 0 bridgehead atoms. The van der Waals surface area contributed by atoms with Gasteiger partial charge in [-0.3, -0.25) is 10.1 Å². The van der Waals surface area contributed by atoms with Crippen molar-refractivity contribution >= 4 is 17.6 Å². The minimum Gasteiger partial charge on any atom is -0.463 e. The van der Waals surface area contributed by atoms with Crippen molar-refractivity contribution in [3.63, 3.8) is 0 Å². The standard InChI is InChI=1S/C34H32F3N5O7/c1-21-16-22(2)40-33(39-21)49-31(32(44)47-14-8-9-15-48-42(45)46)34(23-10-4-3-5-11-23)26-12-6-7-13-29(26)41(30(43)19-38-34)20-25-27(36)17-24(35)18-28(25)37/h3-7,10-13,16-18,31,38H,8-9,14-15,19-20H2,1-2H3/t31-,34+/m1/s1. The lowest BCUT2D eigenvalue weighted by Gasteiger charge is -2.40. The summed E-state index contributed by atoms with van der Waals surface area (Å²) in [7, 11) is 0. The number of esters is 1. The summed E-state index contributed by atoms with van der Waals surface area (Å²) in [6.45, 7) is 2.04. The van der Waals surface area contributed by atoms with Crippen molar-refractivity contribution in [2.45, 2.75) is 44.9 Å². The van der Waals surface area contributed by atoms with Crippen LogP contribution in [0.2, 0.25) is 0 Å². The van der Waals surface area contributed by atoms with Crippen LogP contribution in [0, 0.1) is 41.4 Å². The van der Waals surface area contributed by atoms with Crippen molar-refractivity contribution < 1.29 is 42.2 Å². The molecular formula is C34H32F3N5O7. The molecule has 0 aliphatic carbocycles. The molecule has 1 N–H and O–H groups in total. The highest BCUT2D eigenvalue weighted by atomic mass is 19.1. The molecule has 256 valence electrons. The molecule has 5 rings (SSSR count). The molecule has 4 aromatic rings. The Balaban J connectivity index is 1.65. The molecule has 0 radical (unpaired) electrons. The second kappa shape index (κ2) is 15.1. The zero-order chi connectivity index (χ0) is 35.1. The van der Waals surface area contributed by atoms with Crippen molar-refractivity contribution in [3.8, 4) is 6.01 Å². The lowest BCUT2D eigenvalue weighted by molar-refractivity contribution is -0.757. The lowest BCUT2D eigenvalue weighted by atomic mass is 9.77. The third-order valence-electron chi connectivity index (χ3n) is 7.86. The van der Waals surface area contributed by atoms with Crippen molar-refractivity contribution in [1.29, 1.82) is 0 Å². The fraction of sp³-hybridized carbons (Fsp3) is 0.294. The van der Waals surface area contributed by atoms with Crippen LogP contribution in [-0.4, -0.2) is 52.8 Å². The van der Waals surface area contributed by atoms with Gasteiger partial charge in [-0.2, -0.15) is 0 Å². The summed E-state index contributed by atoms with van der Waals surface area (Å²) < 4.78 is 55.6. The summed E-state index contributed by atoms with van der Waals surface area (Å²) in [4.78, 5) is 52.8. The Hall–Kier alpha value is -5.57. The molecular weight excluding hydrogens is 647 g/mol. The predicted octanol–water partition coefficient (Wildman–Crippen LogP) is 4.87. The first kappa shape index (κ1) is 34.8. The van der Waals surface area contributed by atoms with Gasteiger partial charge >= 0.3 is 12.0 Å². The van der Waals surface area contributed by atoms with Crippen LogP contribution in [0.5, 0.6) is 6.01 Å². The van der Waals surface area contributed by atoms with Crippen LogP contribution in [-0.2, 0) is 31.2 Å². The summed E-state index contributed by atoms with van der Waals surface area (Å²) in [6, 6.07) is 17.7. The molecule has 15 heteroatoms. The molecule has 49 heavy (non-hydrogen) atoms. The molecule has 0 spiro atoms. The molecule has 1 aliphatic heterocycles. The number of rotatable bonds is 13. The second-order valence-electron chi connectivity index (χ2n) is 11.2. The smallest absolute Gasteiger partial charge is 0.350 e. The molecule has 0 saturated carbocycles. The third-order valence-corrected chi connectivity index (χ3v) is 7.86. The number of amides is 1. The average molecular weight is 680 g/mol. The molecule has 0 saturated heterocycles. The number of para-hydroxylation sites is 1. The van der Waals surface area contributed by atoms with E-state index in [9.17, 15) is 32.9 Å². The number of hydrogen-bond donors (Lipinski definition) is 1. The molecule has 3 aromatic carbocycles. The third kappa shape index (κ3) is 7.78. The van der Waals surface area contributed by atoms with Gasteiger partial charge in [-0.25, -0.2) is 27.9 Å². The number of nitrogens with zero attached hydrogens (tertiary/aromatic N) is 4. The SMILES string of the molecule is Cc1cc(C)nc(O[C@H](C(=O)OCCCCO[N+](=O)[O-])[C@@]2(c3ccccc3)NCC(=O)N(Cc3c(F)cc(F)cc3F)c3ccccc32)n1. The van der Waals surface area contributed by atoms with Gasteiger partial charge in [0.15, 0.2) is 0 Å². The van der Waals surface area contributed by atoms with Crippen LogP contribution in [0.25, 0.3) is 0 Å². The maximum absolute atomic E-state index is 14.9. The maximum atomic E-state index is 14.9. The van der Waals surface area contributed by atoms with Gasteiger partial charge in [0.2, 0.25) is 12.0 Å². The van der Waals surface area contributed by atoms with E-state index < -0.39 is 64.7 Å². The van der Waals surface area contributed by atoms with Crippen LogP contribution in [0.3, 0.4) is 0 Å². The number of aromatic nitrogens is 2. The highest BCUT2D eigenvalue weighted by Crippen LogP contribution is 2.43. The van der Waals surface area contributed by atoms with E-state index >= 15 is 0 Å². The minimum atomic E-state index is -1.70. The van der Waals surface area contributed by atoms with Gasteiger partial charge in [-0.15, -0.1) is 10.1 Å². The van der Waals surface area contributed by atoms with Gasteiger partial charge < -0.3 is 19.2 Å². The highest BCUT2D eigenvalue weighted by molar-refractivity contribution is 5.97. The van der Waals surface area contributed by atoms with Gasteiger partial charge in [0.1, 0.15) is 23.0 Å². The predicted molar refractivity (Wildman–Crippen MR) is 168 cm³/mol. The lowest BCUT2D eigenvalue weighted by Crippen LogP contribution is -2.59. The Labute approximate surface area is 278 Å². The largest absolute Gasteiger partial charge is 0.463 e. The number of aryl methyl sites for hydroxylation is 2. The number of halogens is 3. The quantitative estimate of drug-likeness (QED) is 0.0899. The van der Waals surface area contributed by atoms with Crippen LogP contribution in [0.15, 0.2) is 72.8 Å². The number of unbranched alkanes of at least 4 members (excludes halogenated alkanes) is 1. The summed E-state index contributed by atoms with van der Waals surface area (Å²) in [5.41, 5.74) is -0.184. The summed E-state index contributed by atoms with van der Waals surface area (Å²) in [5.74, 6) is -4.96. The number of fused-ring (bicyclic) bond motifs is 1. The van der Waals surface area contributed by atoms with E-state index in [0.717, 1.165) is 4.90 Å². The van der Waals surface area contributed by atoms with Gasteiger partial charge in [0, 0.05) is 40.3 Å². The summed E-state index contributed by atoms with van der Waals surface area (Å²) >= 11 is 0. The number of benzene rings is 3. The molecule has 0 unspecified atom stereocenters. The van der Waals surface area contributed by atoms with Gasteiger partial charge in [-0.1, -0.05) is 48.5 Å². The molecule has 1 aliphatic rings. The summed E-state index contributed by atoms with van der Waals surface area (Å²) in [6.07, 6.45) is -1.18. The topological polar surface area (TPSA) is 146 Å². The van der Waals surface area contributed by atoms with Gasteiger partial charge in [0.05, 0.1) is 26.3 Å². The van der Waals surface area contributed by atoms with Crippen LogP contribution in [0.1, 0.15) is 40.9 Å². The van der Waals surface area contributed by atoms with Crippen molar-refractivity contribution in [2.24, 2.45) is 0 Å². The Kier molecular flexibility index (Phi) is 10.7. The Morgan fingerprint density at radius 3 is 2.29 bits per heavy atom. The number of carbonyl (C=O) groups is 2. The van der Waals surface area contributed by atoms with Gasteiger partial charge in [0.25, 0.3) is 5.09 Å². The highest BCUT2D eigenvalue weighted by Gasteiger charge is 2.52. The monoisotopic (exact) mass is 679 g/mol. The first-order chi connectivity index (χ1) is 23.5. The van der Waals surface area contributed by atoms with E-state index in [2.05, 4.69) is 20.1 Å². The number of nitrogens with one attached hydrogen (secondary N) is 1. The number of ether oxygens (including phenoxy) is 2. The van der Waals surface area contributed by atoms with Crippen LogP contribution in [0.4, 0.5) is 18.9 Å². The zero-order valence-corrected chi connectivity index (χ0v) is 26.5. The van der Waals surface area contributed by atoms with E-state index in [-0.39, 0.29) is 37.8 Å². The number of hydrogen-bond acceptors (Lipinski definition) is 10. The molecule has 2 atom stereocenters. The molecule has 12 nitrogen and oxygen atoms in total. The maximum Gasteiger partial charge on any atom is 0.350 e. The fourth-order valence-corrected chi connectivity index (χ4v) is 5.74. The Morgan fingerprint density at radius 2 is 1.61 bits per heavy atom.